The maximum atomic E-state index is 10.9. The molecule has 2 aromatic heterocycles. The lowest BCUT2D eigenvalue weighted by Crippen LogP contribution is -2.06. The van der Waals surface area contributed by atoms with Crippen molar-refractivity contribution in [3.8, 4) is 35.8 Å². The number of nitrogens with zero attached hydrogens (tertiary/aromatic N) is 6. The molecule has 6 rings (SSSR count). The van der Waals surface area contributed by atoms with Crippen LogP contribution in [0.2, 0.25) is 0 Å². The van der Waals surface area contributed by atoms with Gasteiger partial charge in [-0.3, -0.25) is 14.8 Å². The van der Waals surface area contributed by atoms with E-state index in [9.17, 15) is 4.79 Å². The summed E-state index contributed by atoms with van der Waals surface area (Å²) < 4.78 is 11.8. The summed E-state index contributed by atoms with van der Waals surface area (Å²) in [6.07, 6.45) is 4.16. The van der Waals surface area contributed by atoms with Gasteiger partial charge in [-0.15, -0.1) is 0 Å². The Labute approximate surface area is 332 Å². The van der Waals surface area contributed by atoms with Gasteiger partial charge in [0.15, 0.2) is 6.29 Å². The molecule has 0 fully saturated rings. The Morgan fingerprint density at radius 2 is 1.11 bits per heavy atom. The summed E-state index contributed by atoms with van der Waals surface area (Å²) >= 11 is 0. The van der Waals surface area contributed by atoms with E-state index in [0.717, 1.165) is 56.9 Å². The molecule has 0 aliphatic heterocycles. The van der Waals surface area contributed by atoms with Gasteiger partial charge in [0.05, 0.1) is 57.9 Å². The maximum absolute atomic E-state index is 10.9. The molecule has 0 amide bonds. The summed E-state index contributed by atoms with van der Waals surface area (Å²) in [7, 11) is 0. The number of aromatic nitrogens is 2. The standard InChI is InChI=1S/C23H20N4O.C16H14N2O2.C7H6N2/c1-16-21(14-27-22-8-6-18(11-24)7-9-22)13-26-17(2)23(16)28-15-20-5-3-4-19(10-20)12-25;1-11-15(9-19)8-18-12(2)16(11)20-10-14-5-3-4-13(6-14)7-17;8-5-6-1-3-7(9)4-2-6/h3-10,13,27H,14-15H2,1-2H3;3-6,8-9H,10H2,1-2H3;1-4H,9H2. The molecule has 0 radical (unpaired) electrons. The smallest absolute Gasteiger partial charge is 0.152 e. The minimum atomic E-state index is 0.335. The molecule has 0 unspecified atom stereocenters. The summed E-state index contributed by atoms with van der Waals surface area (Å²) in [5.74, 6) is 1.39. The lowest BCUT2D eigenvalue weighted by atomic mass is 10.1. The van der Waals surface area contributed by atoms with Crippen LogP contribution in [0.15, 0.2) is 109 Å². The number of anilines is 2. The van der Waals surface area contributed by atoms with E-state index in [4.69, 9.17) is 36.3 Å². The molecule has 282 valence electrons. The molecular weight excluding hydrogens is 713 g/mol. The van der Waals surface area contributed by atoms with E-state index in [1.165, 1.54) is 0 Å². The van der Waals surface area contributed by atoms with Gasteiger partial charge in [0.1, 0.15) is 24.7 Å². The number of carbonyl (C=O) groups is 1. The zero-order valence-corrected chi connectivity index (χ0v) is 32.1. The molecule has 0 atom stereocenters. The van der Waals surface area contributed by atoms with Crippen molar-refractivity contribution in [1.82, 2.24) is 9.97 Å². The normalized spacial score (nSPS) is 9.68. The molecule has 0 saturated carbocycles. The Balaban J connectivity index is 0.000000215. The van der Waals surface area contributed by atoms with Gasteiger partial charge in [0, 0.05) is 41.4 Å². The highest BCUT2D eigenvalue weighted by Gasteiger charge is 2.12. The summed E-state index contributed by atoms with van der Waals surface area (Å²) in [4.78, 5) is 19.5. The molecule has 11 nitrogen and oxygen atoms in total. The molecule has 0 bridgehead atoms. The Morgan fingerprint density at radius 1 is 0.632 bits per heavy atom. The zero-order valence-electron chi connectivity index (χ0n) is 32.1. The highest BCUT2D eigenvalue weighted by molar-refractivity contribution is 5.78. The van der Waals surface area contributed by atoms with Gasteiger partial charge in [-0.2, -0.15) is 21.0 Å². The molecule has 0 spiro atoms. The van der Waals surface area contributed by atoms with Crippen LogP contribution in [0.25, 0.3) is 0 Å². The van der Waals surface area contributed by atoms with Gasteiger partial charge < -0.3 is 20.5 Å². The third-order valence-corrected chi connectivity index (χ3v) is 8.61. The van der Waals surface area contributed by atoms with Crippen molar-refractivity contribution < 1.29 is 14.3 Å². The number of nitrogens with two attached hydrogens (primary N) is 1. The van der Waals surface area contributed by atoms with E-state index in [1.54, 1.807) is 60.8 Å². The van der Waals surface area contributed by atoms with Crippen molar-refractivity contribution in [3.05, 3.63) is 176 Å². The first-order chi connectivity index (χ1) is 27.6. The number of aldehydes is 1. The predicted molar refractivity (Wildman–Crippen MR) is 218 cm³/mol. The van der Waals surface area contributed by atoms with Crippen molar-refractivity contribution in [1.29, 1.82) is 21.0 Å². The lowest BCUT2D eigenvalue weighted by molar-refractivity contribution is 0.112. The van der Waals surface area contributed by atoms with E-state index in [2.05, 4.69) is 33.5 Å². The first kappa shape index (κ1) is 41.8. The zero-order chi connectivity index (χ0) is 41.2. The average molecular weight is 753 g/mol. The monoisotopic (exact) mass is 752 g/mol. The van der Waals surface area contributed by atoms with Crippen LogP contribution in [0.5, 0.6) is 11.5 Å². The Morgan fingerprint density at radius 3 is 1.60 bits per heavy atom. The maximum Gasteiger partial charge on any atom is 0.152 e. The number of hydrogen-bond acceptors (Lipinski definition) is 11. The van der Waals surface area contributed by atoms with E-state index < -0.39 is 0 Å². The van der Waals surface area contributed by atoms with Crippen LogP contribution in [-0.4, -0.2) is 16.3 Å². The highest BCUT2D eigenvalue weighted by Crippen LogP contribution is 2.27. The highest BCUT2D eigenvalue weighted by atomic mass is 16.5. The Bertz CT molecular complexity index is 2490. The molecule has 3 N–H and O–H groups in total. The molecule has 4 aromatic carbocycles. The fourth-order valence-electron chi connectivity index (χ4n) is 5.38. The molecule has 0 saturated heterocycles. The van der Waals surface area contributed by atoms with Crippen molar-refractivity contribution in [3.63, 3.8) is 0 Å². The van der Waals surface area contributed by atoms with Crippen LogP contribution < -0.4 is 20.5 Å². The van der Waals surface area contributed by atoms with Gasteiger partial charge >= 0.3 is 0 Å². The molecule has 11 heteroatoms. The van der Waals surface area contributed by atoms with Gasteiger partial charge in [0.2, 0.25) is 0 Å². The fraction of sp³-hybridized carbons (Fsp3) is 0.152. The number of carbonyl (C=O) groups excluding carboxylic acids is 1. The van der Waals surface area contributed by atoms with E-state index in [0.29, 0.717) is 59.0 Å². The van der Waals surface area contributed by atoms with Crippen LogP contribution >= 0.6 is 0 Å². The number of aryl methyl sites for hydroxylation is 2. The Kier molecular flexibility index (Phi) is 15.4. The molecule has 2 heterocycles. The summed E-state index contributed by atoms with van der Waals surface area (Å²) in [5.41, 5.74) is 16.3. The number of nitriles is 4. The van der Waals surface area contributed by atoms with Crippen LogP contribution in [0.4, 0.5) is 11.4 Å². The van der Waals surface area contributed by atoms with Crippen molar-refractivity contribution in [2.75, 3.05) is 11.1 Å². The Hall–Kier alpha value is -7.99. The number of rotatable bonds is 10. The third-order valence-electron chi connectivity index (χ3n) is 8.61. The van der Waals surface area contributed by atoms with Crippen molar-refractivity contribution in [2.45, 2.75) is 47.5 Å². The largest absolute Gasteiger partial charge is 0.487 e. The quantitative estimate of drug-likeness (QED) is 0.100. The molecule has 0 aliphatic carbocycles. The molecule has 6 aromatic rings. The number of hydrogen-bond donors (Lipinski definition) is 2. The average Bonchev–Trinajstić information content (AvgIpc) is 3.24. The number of pyridine rings is 2. The number of nitrogens with one attached hydrogen (secondary N) is 1. The van der Waals surface area contributed by atoms with Gasteiger partial charge in [-0.05, 0) is 123 Å². The predicted octanol–water partition coefficient (Wildman–Crippen LogP) is 8.74. The van der Waals surface area contributed by atoms with Gasteiger partial charge in [-0.1, -0.05) is 24.3 Å². The van der Waals surface area contributed by atoms with Crippen molar-refractivity contribution >= 4 is 17.7 Å². The third kappa shape index (κ3) is 12.3. The second kappa shape index (κ2) is 21.0. The van der Waals surface area contributed by atoms with E-state index in [-0.39, 0.29) is 0 Å². The second-order valence-corrected chi connectivity index (χ2v) is 12.7. The van der Waals surface area contributed by atoms with Crippen LogP contribution in [0, 0.1) is 73.0 Å². The molecular formula is C46H40N8O3. The van der Waals surface area contributed by atoms with Crippen molar-refractivity contribution in [2.24, 2.45) is 0 Å². The van der Waals surface area contributed by atoms with Gasteiger partial charge in [-0.25, -0.2) is 0 Å². The second-order valence-electron chi connectivity index (χ2n) is 12.7. The minimum absolute atomic E-state index is 0.335. The van der Waals surface area contributed by atoms with Crippen LogP contribution in [0.3, 0.4) is 0 Å². The van der Waals surface area contributed by atoms with Crippen LogP contribution in [-0.2, 0) is 19.8 Å². The summed E-state index contributed by atoms with van der Waals surface area (Å²) in [6, 6.07) is 37.1. The number of ether oxygens (including phenoxy) is 2. The SMILES string of the molecule is Cc1ncc(C=O)c(C)c1OCc1cccc(C#N)c1.Cc1ncc(CNc2ccc(C#N)cc2)c(C)c1OCc1cccc(C#N)c1.N#Cc1ccc(N)cc1. The molecule has 57 heavy (non-hydrogen) atoms. The van der Waals surface area contributed by atoms with Gasteiger partial charge in [0.25, 0.3) is 0 Å². The lowest BCUT2D eigenvalue weighted by Gasteiger charge is -2.16. The number of benzene rings is 4. The molecule has 0 aliphatic rings. The van der Waals surface area contributed by atoms with Crippen LogP contribution in [0.1, 0.15) is 71.8 Å². The minimum Gasteiger partial charge on any atom is -0.487 e. The fourth-order valence-corrected chi connectivity index (χ4v) is 5.38. The van der Waals surface area contributed by atoms with E-state index in [1.807, 2.05) is 82.4 Å². The van der Waals surface area contributed by atoms with E-state index >= 15 is 0 Å². The first-order valence-electron chi connectivity index (χ1n) is 17.7. The first-order valence-corrected chi connectivity index (χ1v) is 17.7. The summed E-state index contributed by atoms with van der Waals surface area (Å²) in [6.45, 7) is 8.93. The topological polar surface area (TPSA) is 195 Å². The summed E-state index contributed by atoms with van der Waals surface area (Å²) in [5, 5.41) is 38.5. The number of nitrogen functional groups attached to an aromatic ring is 1.